The van der Waals surface area contributed by atoms with Crippen LogP contribution >= 0.6 is 7.82 Å². The molecule has 0 fully saturated rings. The molecule has 0 spiro atoms. The lowest BCUT2D eigenvalue weighted by Gasteiger charge is -2.21. The minimum absolute atomic E-state index is 0.0756. The molecule has 0 rings (SSSR count). The number of carbonyl (C=O) groups excluding carboxylic acids is 3. The molecule has 0 aromatic rings. The van der Waals surface area contributed by atoms with Crippen LogP contribution in [0.2, 0.25) is 0 Å². The molecular weight excluding hydrogens is 928 g/mol. The Morgan fingerprint density at radius 3 is 1.22 bits per heavy atom. The van der Waals surface area contributed by atoms with E-state index in [9.17, 15) is 28.9 Å². The third-order valence-corrected chi connectivity index (χ3v) is 11.8. The summed E-state index contributed by atoms with van der Waals surface area (Å²) in [5, 5.41) is 9.80. The Bertz CT molecular complexity index is 1670. The fourth-order valence-electron chi connectivity index (χ4n) is 6.77. The van der Waals surface area contributed by atoms with Crippen molar-refractivity contribution in [2.24, 2.45) is 0 Å². The molecule has 408 valence electrons. The monoisotopic (exact) mass is 1020 g/mol. The number of phosphoric ester groups is 1. The van der Waals surface area contributed by atoms with Crippen LogP contribution in [-0.2, 0) is 42.2 Å². The molecule has 0 saturated carbocycles. The highest BCUT2D eigenvalue weighted by Gasteiger charge is 2.28. The van der Waals surface area contributed by atoms with Crippen molar-refractivity contribution in [1.29, 1.82) is 0 Å². The number of hydrogen-bond acceptors (Lipinski definition) is 10. The van der Waals surface area contributed by atoms with Crippen LogP contribution in [0, 0.1) is 0 Å². The molecule has 3 unspecified atom stereocenters. The zero-order valence-corrected chi connectivity index (χ0v) is 45.7. The van der Waals surface area contributed by atoms with E-state index in [1.54, 1.807) is 6.08 Å². The Labute approximate surface area is 437 Å². The number of phosphoric acid groups is 1. The number of allylic oxidation sites excluding steroid dienone is 19. The molecule has 11 nitrogen and oxygen atoms in total. The van der Waals surface area contributed by atoms with Gasteiger partial charge in [-0.15, -0.1) is 0 Å². The van der Waals surface area contributed by atoms with Crippen molar-refractivity contribution in [1.82, 2.24) is 0 Å². The van der Waals surface area contributed by atoms with Crippen LogP contribution in [0.15, 0.2) is 122 Å². The number of rotatable bonds is 49. The molecule has 0 saturated heterocycles. The van der Waals surface area contributed by atoms with Crippen molar-refractivity contribution in [3.8, 4) is 0 Å². The minimum Gasteiger partial charge on any atom is -0.462 e. The third-order valence-electron chi connectivity index (χ3n) is 10.9. The largest absolute Gasteiger partial charge is 0.472 e. The summed E-state index contributed by atoms with van der Waals surface area (Å²) in [5.74, 6) is -1.67. The van der Waals surface area contributed by atoms with E-state index in [-0.39, 0.29) is 19.3 Å². The average Bonchev–Trinajstić information content (AvgIpc) is 3.37. The molecule has 0 heterocycles. The Balaban J connectivity index is 4.89. The van der Waals surface area contributed by atoms with Crippen molar-refractivity contribution in [3.05, 3.63) is 122 Å². The number of aliphatic hydroxyl groups excluding tert-OH is 1. The second kappa shape index (κ2) is 53.2. The first-order chi connectivity index (χ1) is 35.2. The van der Waals surface area contributed by atoms with E-state index in [1.807, 2.05) is 18.2 Å². The molecule has 0 aliphatic carbocycles. The molecule has 0 amide bonds. The lowest BCUT2D eigenvalue weighted by atomic mass is 10.1. The topological polar surface area (TPSA) is 155 Å². The lowest BCUT2D eigenvalue weighted by molar-refractivity contribution is -0.160. The molecule has 0 aromatic heterocycles. The second-order valence-electron chi connectivity index (χ2n) is 17.6. The van der Waals surface area contributed by atoms with Gasteiger partial charge in [0.2, 0.25) is 0 Å². The molecule has 3 atom stereocenters. The SMILES string of the molecule is CC/C=C\C/C=C\C/C=C\C/C=C\C/C=C\CC(=O)OC(COC(=O)CCCCCCC/C=C\C/C=C\C/C=C\CC)COP(=O)(O)OCC(CO)OC(=O)CCCCCCC/C=C\C/C=C\CCCCC. The van der Waals surface area contributed by atoms with E-state index in [4.69, 9.17) is 23.3 Å². The van der Waals surface area contributed by atoms with Gasteiger partial charge in [-0.05, 0) is 109 Å². The molecule has 0 bridgehead atoms. The Kier molecular flexibility index (Phi) is 50.1. The quantitative estimate of drug-likeness (QED) is 0.0197. The Morgan fingerprint density at radius 1 is 0.417 bits per heavy atom. The zero-order valence-electron chi connectivity index (χ0n) is 44.8. The summed E-state index contributed by atoms with van der Waals surface area (Å²) in [6.45, 7) is 4.22. The summed E-state index contributed by atoms with van der Waals surface area (Å²) in [7, 11) is -4.78. The number of aliphatic hydroxyl groups is 1. The van der Waals surface area contributed by atoms with Crippen LogP contribution in [0.4, 0.5) is 0 Å². The Morgan fingerprint density at radius 2 is 0.778 bits per heavy atom. The number of hydrogen-bond donors (Lipinski definition) is 2. The number of ether oxygens (including phenoxy) is 3. The molecule has 0 aliphatic heterocycles. The summed E-state index contributed by atoms with van der Waals surface area (Å²) in [5.41, 5.74) is 0. The van der Waals surface area contributed by atoms with Gasteiger partial charge in [0.25, 0.3) is 0 Å². The molecule has 2 N–H and O–H groups in total. The van der Waals surface area contributed by atoms with Crippen LogP contribution in [-0.4, -0.2) is 66.5 Å². The highest BCUT2D eigenvalue weighted by Crippen LogP contribution is 2.43. The Hall–Kier alpha value is -4.12. The van der Waals surface area contributed by atoms with Gasteiger partial charge in [0.1, 0.15) is 12.7 Å². The van der Waals surface area contributed by atoms with E-state index < -0.39 is 64.4 Å². The average molecular weight is 1030 g/mol. The molecular formula is C60H97O11P. The maximum Gasteiger partial charge on any atom is 0.472 e. The highest BCUT2D eigenvalue weighted by molar-refractivity contribution is 7.47. The lowest BCUT2D eigenvalue weighted by Crippen LogP contribution is -2.30. The third kappa shape index (κ3) is 50.8. The van der Waals surface area contributed by atoms with Crippen LogP contribution in [0.3, 0.4) is 0 Å². The first kappa shape index (κ1) is 67.9. The summed E-state index contributed by atoms with van der Waals surface area (Å²) >= 11 is 0. The van der Waals surface area contributed by atoms with Crippen LogP contribution in [0.5, 0.6) is 0 Å². The summed E-state index contributed by atoms with van der Waals surface area (Å²) < 4.78 is 39.3. The number of carbonyl (C=O) groups is 3. The fraction of sp³-hybridized carbons (Fsp3) is 0.617. The van der Waals surface area contributed by atoms with E-state index in [0.717, 1.165) is 122 Å². The molecule has 0 radical (unpaired) electrons. The van der Waals surface area contributed by atoms with Crippen molar-refractivity contribution < 1.29 is 52.2 Å². The van der Waals surface area contributed by atoms with Crippen molar-refractivity contribution >= 4 is 25.7 Å². The van der Waals surface area contributed by atoms with E-state index >= 15 is 0 Å². The van der Waals surface area contributed by atoms with Crippen molar-refractivity contribution in [2.75, 3.05) is 26.4 Å². The van der Waals surface area contributed by atoms with Gasteiger partial charge in [-0.1, -0.05) is 194 Å². The second-order valence-corrected chi connectivity index (χ2v) is 19.1. The predicted octanol–water partition coefficient (Wildman–Crippen LogP) is 16.0. The normalized spacial score (nSPS) is 14.3. The smallest absolute Gasteiger partial charge is 0.462 e. The van der Waals surface area contributed by atoms with E-state index in [2.05, 4.69) is 118 Å². The van der Waals surface area contributed by atoms with Crippen LogP contribution in [0.1, 0.15) is 201 Å². The van der Waals surface area contributed by atoms with Gasteiger partial charge in [-0.2, -0.15) is 0 Å². The van der Waals surface area contributed by atoms with Gasteiger partial charge in [-0.25, -0.2) is 4.57 Å². The van der Waals surface area contributed by atoms with Crippen LogP contribution < -0.4 is 0 Å². The summed E-state index contributed by atoms with van der Waals surface area (Å²) in [4.78, 5) is 48.4. The van der Waals surface area contributed by atoms with Gasteiger partial charge >= 0.3 is 25.7 Å². The highest BCUT2D eigenvalue weighted by atomic mass is 31.2. The minimum atomic E-state index is -4.78. The van der Waals surface area contributed by atoms with Gasteiger partial charge in [-0.3, -0.25) is 23.4 Å². The van der Waals surface area contributed by atoms with Crippen molar-refractivity contribution in [2.45, 2.75) is 213 Å². The molecule has 0 aliphatic rings. The number of unbranched alkanes of at least 4 members (excludes halogenated alkanes) is 13. The standard InChI is InChI=1S/C60H97O11P/c1-4-7-10-13-16-19-22-25-28-31-34-37-40-43-46-49-58(62)67-53-57(71-60(64)51-48-45-42-39-36-33-30-27-24-21-18-15-12-9-6-3)55-69-72(65,66)68-54-56(52-61)70-59(63)50-47-44-41-38-35-32-29-26-23-20-17-14-11-8-5-2/h7,9-10,12,16-21,25-30,36,39,45,48,56-57,61H,4-6,8,11,13-15,22-24,31-35,37-38,40-44,46-47,49-55H2,1-3H3,(H,65,66)/b10-7-,12-9-,19-16-,20-17-,21-18-,28-25-,29-26-,30-27-,39-36-,48-45-. The number of esters is 3. The zero-order chi connectivity index (χ0) is 52.7. The fourth-order valence-corrected chi connectivity index (χ4v) is 7.55. The molecule has 72 heavy (non-hydrogen) atoms. The van der Waals surface area contributed by atoms with Gasteiger partial charge in [0, 0.05) is 12.8 Å². The molecule has 0 aromatic carbocycles. The summed E-state index contributed by atoms with van der Waals surface area (Å²) in [6, 6.07) is 0. The molecule has 12 heteroatoms. The first-order valence-corrected chi connectivity index (χ1v) is 28.9. The maximum atomic E-state index is 12.9. The van der Waals surface area contributed by atoms with Gasteiger partial charge in [0.15, 0.2) is 6.10 Å². The van der Waals surface area contributed by atoms with E-state index in [0.29, 0.717) is 19.3 Å². The van der Waals surface area contributed by atoms with Crippen LogP contribution in [0.25, 0.3) is 0 Å². The van der Waals surface area contributed by atoms with Gasteiger partial charge in [0.05, 0.1) is 26.2 Å². The van der Waals surface area contributed by atoms with Crippen molar-refractivity contribution in [3.63, 3.8) is 0 Å². The predicted molar refractivity (Wildman–Crippen MR) is 297 cm³/mol. The maximum absolute atomic E-state index is 12.9. The van der Waals surface area contributed by atoms with E-state index in [1.165, 1.54) is 19.3 Å². The van der Waals surface area contributed by atoms with Gasteiger partial charge < -0.3 is 24.2 Å². The summed E-state index contributed by atoms with van der Waals surface area (Å²) in [6.07, 6.45) is 64.7. The first-order valence-electron chi connectivity index (χ1n) is 27.4.